The maximum atomic E-state index is 8.92. The average Bonchev–Trinajstić information content (AvgIpc) is 2.33. The van der Waals surface area contributed by atoms with Crippen molar-refractivity contribution in [2.45, 2.75) is 12.5 Å². The van der Waals surface area contributed by atoms with Crippen molar-refractivity contribution in [3.8, 4) is 0 Å². The van der Waals surface area contributed by atoms with E-state index in [1.165, 1.54) is 0 Å². The Kier molecular flexibility index (Phi) is 2.21. The van der Waals surface area contributed by atoms with Gasteiger partial charge in [-0.3, -0.25) is 10.3 Å². The van der Waals surface area contributed by atoms with Gasteiger partial charge >= 0.3 is 5.17 Å². The Labute approximate surface area is 64.9 Å². The Bertz CT molecular complexity index is 160. The van der Waals surface area contributed by atoms with Gasteiger partial charge in [-0.05, 0) is 18.7 Å². The molecular formula is C6H13N2OS+. The fourth-order valence-electron chi connectivity index (χ4n) is 0.798. The van der Waals surface area contributed by atoms with Gasteiger partial charge in [0.05, 0.1) is 19.4 Å². The molecule has 0 bridgehead atoms. The molecule has 1 rings (SSSR count). The number of aliphatic hydroxyl groups excluding tert-OH is 1. The highest BCUT2D eigenvalue weighted by atomic mass is 32.2. The molecule has 3 nitrogen and oxygen atoms in total. The van der Waals surface area contributed by atoms with Gasteiger partial charge in [-0.25, -0.2) is 0 Å². The van der Waals surface area contributed by atoms with Crippen molar-refractivity contribution in [3.63, 3.8) is 0 Å². The predicted octanol–water partition coefficient (Wildman–Crippen LogP) is -1.86. The molecule has 0 aromatic carbocycles. The van der Waals surface area contributed by atoms with Gasteiger partial charge in [-0.15, -0.1) is 0 Å². The first-order chi connectivity index (χ1) is 4.70. The van der Waals surface area contributed by atoms with E-state index in [1.54, 1.807) is 11.8 Å². The highest BCUT2D eigenvalue weighted by molar-refractivity contribution is 8.14. The molecule has 3 N–H and O–H groups in total. The van der Waals surface area contributed by atoms with Crippen molar-refractivity contribution in [2.24, 2.45) is 0 Å². The Morgan fingerprint density at radius 1 is 1.90 bits per heavy atom. The summed E-state index contributed by atoms with van der Waals surface area (Å²) in [5, 5.41) is 13.2. The molecule has 0 radical (unpaired) electrons. The summed E-state index contributed by atoms with van der Waals surface area (Å²) in [7, 11) is 1.87. The van der Waals surface area contributed by atoms with Crippen LogP contribution in [0.2, 0.25) is 0 Å². The number of hydrogen-bond donors (Lipinski definition) is 3. The predicted molar refractivity (Wildman–Crippen MR) is 43.0 cm³/mol. The van der Waals surface area contributed by atoms with Crippen LogP contribution in [0.3, 0.4) is 0 Å². The summed E-state index contributed by atoms with van der Waals surface area (Å²) < 4.78 is 0. The zero-order valence-electron chi connectivity index (χ0n) is 6.27. The topological polar surface area (TPSA) is 46.2 Å². The summed E-state index contributed by atoms with van der Waals surface area (Å²) in [6.07, 6.45) is 0. The second-order valence-electron chi connectivity index (χ2n) is 2.71. The molecule has 1 atom stereocenters. The molecule has 0 saturated carbocycles. The van der Waals surface area contributed by atoms with Gasteiger partial charge in [0.15, 0.2) is 0 Å². The number of amidine groups is 1. The van der Waals surface area contributed by atoms with Gasteiger partial charge in [0.25, 0.3) is 0 Å². The lowest BCUT2D eigenvalue weighted by Gasteiger charge is -2.13. The quantitative estimate of drug-likeness (QED) is 0.423. The fraction of sp³-hybridized carbons (Fsp3) is 0.833. The van der Waals surface area contributed by atoms with Crippen LogP contribution in [0, 0.1) is 0 Å². The van der Waals surface area contributed by atoms with Crippen molar-refractivity contribution < 1.29 is 10.1 Å². The van der Waals surface area contributed by atoms with E-state index in [4.69, 9.17) is 5.11 Å². The zero-order valence-corrected chi connectivity index (χ0v) is 7.09. The standard InChI is InChI=1S/C6H12N2OS/c1-6(3-9)4-10-5(7-2)8-6/h9H,3-4H2,1-2H3,(H,7,8)/p+1. The van der Waals surface area contributed by atoms with E-state index >= 15 is 0 Å². The number of hydrogen-bond acceptors (Lipinski definition) is 2. The average molecular weight is 161 g/mol. The molecule has 1 fully saturated rings. The first-order valence-corrected chi connectivity index (χ1v) is 4.25. The van der Waals surface area contributed by atoms with E-state index in [-0.39, 0.29) is 12.1 Å². The third-order valence-electron chi connectivity index (χ3n) is 1.53. The molecule has 1 aliphatic heterocycles. The van der Waals surface area contributed by atoms with Crippen LogP contribution in [0.4, 0.5) is 0 Å². The lowest BCUT2D eigenvalue weighted by atomic mass is 10.1. The van der Waals surface area contributed by atoms with E-state index in [2.05, 4.69) is 10.3 Å². The highest BCUT2D eigenvalue weighted by Gasteiger charge is 2.37. The van der Waals surface area contributed by atoms with Crippen molar-refractivity contribution in [3.05, 3.63) is 0 Å². The Hall–Kier alpha value is -0.220. The molecule has 0 spiro atoms. The molecule has 0 aliphatic carbocycles. The minimum atomic E-state index is -0.122. The van der Waals surface area contributed by atoms with Gasteiger partial charge < -0.3 is 5.11 Å². The number of nitrogens with one attached hydrogen (secondary N) is 2. The summed E-state index contributed by atoms with van der Waals surface area (Å²) in [5.41, 5.74) is -0.122. The minimum absolute atomic E-state index is 0.122. The van der Waals surface area contributed by atoms with Crippen molar-refractivity contribution >= 4 is 16.9 Å². The molecular weight excluding hydrogens is 148 g/mol. The van der Waals surface area contributed by atoms with E-state index in [1.807, 2.05) is 14.0 Å². The Morgan fingerprint density at radius 2 is 2.60 bits per heavy atom. The van der Waals surface area contributed by atoms with E-state index < -0.39 is 0 Å². The summed E-state index contributed by atoms with van der Waals surface area (Å²) in [6.45, 7) is 2.19. The molecule has 1 heterocycles. The van der Waals surface area contributed by atoms with E-state index in [9.17, 15) is 0 Å². The van der Waals surface area contributed by atoms with Crippen LogP contribution >= 0.6 is 11.8 Å². The van der Waals surface area contributed by atoms with E-state index in [0.29, 0.717) is 0 Å². The maximum Gasteiger partial charge on any atom is 0.304 e. The van der Waals surface area contributed by atoms with Gasteiger partial charge in [0.1, 0.15) is 5.54 Å². The largest absolute Gasteiger partial charge is 0.392 e. The first kappa shape index (κ1) is 7.88. The first-order valence-electron chi connectivity index (χ1n) is 3.27. The summed E-state index contributed by atoms with van der Waals surface area (Å²) >= 11 is 1.71. The molecule has 0 aromatic heterocycles. The molecule has 1 unspecified atom stereocenters. The van der Waals surface area contributed by atoms with Crippen LogP contribution in [0.15, 0.2) is 0 Å². The fourth-order valence-corrected chi connectivity index (χ4v) is 1.89. The molecule has 1 aliphatic rings. The number of thioether (sulfide) groups is 1. The van der Waals surface area contributed by atoms with E-state index in [0.717, 1.165) is 10.9 Å². The second-order valence-corrected chi connectivity index (χ2v) is 3.70. The lowest BCUT2D eigenvalue weighted by Crippen LogP contribution is -2.71. The molecule has 4 heteroatoms. The van der Waals surface area contributed by atoms with Gasteiger partial charge in [-0.1, -0.05) is 0 Å². The zero-order chi connectivity index (χ0) is 7.61. The third kappa shape index (κ3) is 1.44. The SMILES string of the molecule is C[NH+]=C1NC(C)(CO)CS1. The normalized spacial score (nSPS) is 36.5. The monoisotopic (exact) mass is 161 g/mol. The van der Waals surface area contributed by atoms with Crippen LogP contribution in [0.1, 0.15) is 6.92 Å². The summed E-state index contributed by atoms with van der Waals surface area (Å²) in [6, 6.07) is 0. The van der Waals surface area contributed by atoms with Crippen molar-refractivity contribution in [1.82, 2.24) is 5.32 Å². The minimum Gasteiger partial charge on any atom is -0.392 e. The van der Waals surface area contributed by atoms with Gasteiger partial charge in [-0.2, -0.15) is 0 Å². The van der Waals surface area contributed by atoms with Gasteiger partial charge in [0, 0.05) is 0 Å². The maximum absolute atomic E-state index is 8.92. The summed E-state index contributed by atoms with van der Waals surface area (Å²) in [5.74, 6) is 0.930. The van der Waals surface area contributed by atoms with Gasteiger partial charge in [0.2, 0.25) is 0 Å². The van der Waals surface area contributed by atoms with Crippen molar-refractivity contribution in [1.29, 1.82) is 0 Å². The lowest BCUT2D eigenvalue weighted by molar-refractivity contribution is -0.418. The van der Waals surface area contributed by atoms with Crippen LogP contribution < -0.4 is 10.3 Å². The summed E-state index contributed by atoms with van der Waals surface area (Å²) in [4.78, 5) is 3.01. The number of aliphatic hydroxyl groups is 1. The molecule has 0 aromatic rings. The Balaban J connectivity index is 2.57. The smallest absolute Gasteiger partial charge is 0.304 e. The molecule has 1 saturated heterocycles. The van der Waals surface area contributed by atoms with Crippen molar-refractivity contribution in [2.75, 3.05) is 19.4 Å². The number of rotatable bonds is 1. The van der Waals surface area contributed by atoms with Crippen LogP contribution in [-0.2, 0) is 0 Å². The molecule has 10 heavy (non-hydrogen) atoms. The molecule has 58 valence electrons. The van der Waals surface area contributed by atoms with Crippen LogP contribution in [0.25, 0.3) is 0 Å². The second kappa shape index (κ2) is 2.80. The molecule has 0 amide bonds. The third-order valence-corrected chi connectivity index (χ3v) is 2.90. The highest BCUT2D eigenvalue weighted by Crippen LogP contribution is 2.19. The van der Waals surface area contributed by atoms with Crippen LogP contribution in [0.5, 0.6) is 0 Å². The Morgan fingerprint density at radius 3 is 2.90 bits per heavy atom. The van der Waals surface area contributed by atoms with Crippen LogP contribution in [-0.4, -0.2) is 35.2 Å².